The fraction of sp³-hybridized carbons (Fsp3) is 0.524. The molecule has 5 nitrogen and oxygen atoms in total. The van der Waals surface area contributed by atoms with E-state index in [1.165, 1.54) is 6.42 Å². The van der Waals surface area contributed by atoms with Gasteiger partial charge < -0.3 is 15.2 Å². The molecule has 1 amide bonds. The number of fused-ring (bicyclic) bond motifs is 2. The smallest absolute Gasteiger partial charge is 0.407 e. The van der Waals surface area contributed by atoms with Crippen LogP contribution >= 0.6 is 0 Å². The Morgan fingerprint density at radius 2 is 1.96 bits per heavy atom. The topological polar surface area (TPSA) is 75.6 Å². The number of ether oxygens (including phenoxy) is 1. The van der Waals surface area contributed by atoms with Crippen LogP contribution in [0.4, 0.5) is 4.79 Å². The molecule has 2 bridgehead atoms. The molecule has 2 saturated carbocycles. The fourth-order valence-electron chi connectivity index (χ4n) is 4.35. The van der Waals surface area contributed by atoms with Crippen molar-refractivity contribution in [1.82, 2.24) is 5.32 Å². The van der Waals surface area contributed by atoms with Gasteiger partial charge in [0.15, 0.2) is 0 Å². The number of benzene rings is 1. The zero-order chi connectivity index (χ0) is 18.4. The number of unbranched alkanes of at least 4 members (excludes halogenated alkanes) is 1. The molecule has 0 saturated heterocycles. The molecule has 2 aliphatic rings. The molecule has 4 atom stereocenters. The third kappa shape index (κ3) is 4.87. The van der Waals surface area contributed by atoms with Crippen LogP contribution < -0.4 is 5.32 Å². The van der Waals surface area contributed by atoms with Gasteiger partial charge in [-0.2, -0.15) is 0 Å². The molecule has 0 spiro atoms. The van der Waals surface area contributed by atoms with Crippen molar-refractivity contribution in [3.63, 3.8) is 0 Å². The van der Waals surface area contributed by atoms with Gasteiger partial charge in [0.05, 0.1) is 0 Å². The van der Waals surface area contributed by atoms with Gasteiger partial charge in [-0.25, -0.2) is 4.79 Å². The largest absolute Gasteiger partial charge is 0.481 e. The minimum Gasteiger partial charge on any atom is -0.481 e. The standard InChI is InChI=1S/C21H27NO4/c23-19(24)10-6-2-5-9-18-16-11-12-17(13-16)20(18)22-21(25)26-14-15-7-3-1-4-8-15/h1,3-5,7-9,16-18,20H,2,6,10-14H2,(H,22,25)(H,23,24). The average Bonchev–Trinajstić information content (AvgIpc) is 3.23. The van der Waals surface area contributed by atoms with Crippen LogP contribution in [0.2, 0.25) is 0 Å². The highest BCUT2D eigenvalue weighted by molar-refractivity contribution is 5.68. The first kappa shape index (κ1) is 18.5. The van der Waals surface area contributed by atoms with Crippen LogP contribution in [0.5, 0.6) is 0 Å². The Morgan fingerprint density at radius 1 is 1.19 bits per heavy atom. The Morgan fingerprint density at radius 3 is 2.73 bits per heavy atom. The number of amides is 1. The molecule has 0 aliphatic heterocycles. The van der Waals surface area contributed by atoms with E-state index in [9.17, 15) is 9.59 Å². The minimum atomic E-state index is -0.751. The van der Waals surface area contributed by atoms with E-state index >= 15 is 0 Å². The molecule has 4 unspecified atom stereocenters. The first-order valence-corrected chi connectivity index (χ1v) is 9.49. The molecule has 140 valence electrons. The molecule has 5 heteroatoms. The molecular formula is C21H27NO4. The zero-order valence-corrected chi connectivity index (χ0v) is 15.0. The Balaban J connectivity index is 1.49. The van der Waals surface area contributed by atoms with E-state index in [0.717, 1.165) is 24.8 Å². The van der Waals surface area contributed by atoms with Crippen LogP contribution in [-0.4, -0.2) is 23.2 Å². The predicted molar refractivity (Wildman–Crippen MR) is 98.5 cm³/mol. The van der Waals surface area contributed by atoms with Crippen molar-refractivity contribution in [2.75, 3.05) is 0 Å². The van der Waals surface area contributed by atoms with E-state index in [2.05, 4.69) is 17.5 Å². The van der Waals surface area contributed by atoms with Gasteiger partial charge in [-0.3, -0.25) is 4.79 Å². The lowest BCUT2D eigenvalue weighted by Gasteiger charge is -2.29. The first-order chi connectivity index (χ1) is 12.6. The van der Waals surface area contributed by atoms with E-state index in [4.69, 9.17) is 9.84 Å². The quantitative estimate of drug-likeness (QED) is 0.542. The second kappa shape index (κ2) is 8.88. The van der Waals surface area contributed by atoms with Crippen LogP contribution in [0.3, 0.4) is 0 Å². The average molecular weight is 357 g/mol. The predicted octanol–water partition coefficient (Wildman–Crippen LogP) is 4.14. The summed E-state index contributed by atoms with van der Waals surface area (Å²) in [6.45, 7) is 0.281. The van der Waals surface area contributed by atoms with Crippen molar-refractivity contribution in [2.24, 2.45) is 17.8 Å². The number of carbonyl (C=O) groups excluding carboxylic acids is 1. The maximum absolute atomic E-state index is 12.2. The summed E-state index contributed by atoms with van der Waals surface area (Å²) in [5.41, 5.74) is 0.977. The second-order valence-electron chi connectivity index (χ2n) is 7.36. The molecular weight excluding hydrogens is 330 g/mol. The fourth-order valence-corrected chi connectivity index (χ4v) is 4.35. The number of hydrogen-bond acceptors (Lipinski definition) is 3. The molecule has 2 fully saturated rings. The van der Waals surface area contributed by atoms with Crippen molar-refractivity contribution in [3.8, 4) is 0 Å². The lowest BCUT2D eigenvalue weighted by atomic mass is 9.84. The molecule has 0 aromatic heterocycles. The maximum atomic E-state index is 12.2. The summed E-state index contributed by atoms with van der Waals surface area (Å²) in [6, 6.07) is 9.80. The van der Waals surface area contributed by atoms with Crippen molar-refractivity contribution >= 4 is 12.1 Å². The highest BCUT2D eigenvalue weighted by Gasteiger charge is 2.47. The van der Waals surface area contributed by atoms with Crippen LogP contribution in [0, 0.1) is 17.8 Å². The van der Waals surface area contributed by atoms with E-state index in [-0.39, 0.29) is 25.2 Å². The van der Waals surface area contributed by atoms with Crippen LogP contribution in [0.25, 0.3) is 0 Å². The molecule has 26 heavy (non-hydrogen) atoms. The van der Waals surface area contributed by atoms with Crippen molar-refractivity contribution in [1.29, 1.82) is 0 Å². The van der Waals surface area contributed by atoms with E-state index in [0.29, 0.717) is 24.2 Å². The number of carboxylic acids is 1. The Bertz CT molecular complexity index is 643. The normalized spacial score (nSPS) is 26.9. The van der Waals surface area contributed by atoms with Gasteiger partial charge >= 0.3 is 12.1 Å². The number of rotatable bonds is 8. The summed E-state index contributed by atoms with van der Waals surface area (Å²) in [6.07, 6.45) is 9.09. The first-order valence-electron chi connectivity index (χ1n) is 9.49. The number of allylic oxidation sites excluding steroid dienone is 1. The van der Waals surface area contributed by atoms with E-state index < -0.39 is 5.97 Å². The SMILES string of the molecule is O=C(O)CCCC=CC1C2CCC(C2)C1NC(=O)OCc1ccccc1. The summed E-state index contributed by atoms with van der Waals surface area (Å²) in [7, 11) is 0. The van der Waals surface area contributed by atoms with Gasteiger partial charge in [0.2, 0.25) is 0 Å². The summed E-state index contributed by atoms with van der Waals surface area (Å²) in [5.74, 6) is 0.731. The number of carbonyl (C=O) groups is 2. The number of hydrogen-bond donors (Lipinski definition) is 2. The molecule has 2 N–H and O–H groups in total. The van der Waals surface area contributed by atoms with Gasteiger partial charge in [0, 0.05) is 18.4 Å². The van der Waals surface area contributed by atoms with Crippen molar-refractivity contribution < 1.29 is 19.4 Å². The Kier molecular flexibility index (Phi) is 6.31. The zero-order valence-electron chi connectivity index (χ0n) is 15.0. The lowest BCUT2D eigenvalue weighted by molar-refractivity contribution is -0.137. The molecule has 1 aromatic rings. The van der Waals surface area contributed by atoms with E-state index in [1.54, 1.807) is 0 Å². The van der Waals surface area contributed by atoms with Gasteiger partial charge in [-0.15, -0.1) is 0 Å². The number of aliphatic carboxylic acids is 1. The summed E-state index contributed by atoms with van der Waals surface area (Å²) >= 11 is 0. The van der Waals surface area contributed by atoms with Gasteiger partial charge in [-0.1, -0.05) is 42.5 Å². The summed E-state index contributed by atoms with van der Waals surface area (Å²) in [5, 5.41) is 11.8. The summed E-state index contributed by atoms with van der Waals surface area (Å²) < 4.78 is 5.38. The third-order valence-corrected chi connectivity index (χ3v) is 5.60. The number of nitrogens with one attached hydrogen (secondary N) is 1. The number of carboxylic acid groups (broad SMARTS) is 1. The number of alkyl carbamates (subject to hydrolysis) is 1. The second-order valence-corrected chi connectivity index (χ2v) is 7.36. The van der Waals surface area contributed by atoms with Crippen LogP contribution in [0.15, 0.2) is 42.5 Å². The highest BCUT2D eigenvalue weighted by Crippen LogP contribution is 2.49. The van der Waals surface area contributed by atoms with Crippen LogP contribution in [-0.2, 0) is 16.1 Å². The molecule has 3 rings (SSSR count). The maximum Gasteiger partial charge on any atom is 0.407 e. The van der Waals surface area contributed by atoms with Gasteiger partial charge in [0.1, 0.15) is 6.61 Å². The summed E-state index contributed by atoms with van der Waals surface area (Å²) in [4.78, 5) is 22.8. The lowest BCUT2D eigenvalue weighted by Crippen LogP contribution is -2.43. The van der Waals surface area contributed by atoms with Crippen molar-refractivity contribution in [2.45, 2.75) is 51.2 Å². The minimum absolute atomic E-state index is 0.132. The van der Waals surface area contributed by atoms with Gasteiger partial charge in [0.25, 0.3) is 0 Å². The molecule has 0 heterocycles. The Labute approximate surface area is 154 Å². The van der Waals surface area contributed by atoms with Crippen molar-refractivity contribution in [3.05, 3.63) is 48.0 Å². The third-order valence-electron chi connectivity index (χ3n) is 5.60. The monoisotopic (exact) mass is 357 g/mol. The molecule has 2 aliphatic carbocycles. The van der Waals surface area contributed by atoms with Crippen LogP contribution in [0.1, 0.15) is 44.1 Å². The van der Waals surface area contributed by atoms with Gasteiger partial charge in [-0.05, 0) is 49.5 Å². The molecule has 1 aromatic carbocycles. The highest BCUT2D eigenvalue weighted by atomic mass is 16.5. The van der Waals surface area contributed by atoms with E-state index in [1.807, 2.05) is 30.3 Å². The Hall–Kier alpha value is -2.30. The molecule has 0 radical (unpaired) electrons.